The maximum atomic E-state index is 12.6. The van der Waals surface area contributed by atoms with Crippen molar-refractivity contribution in [3.05, 3.63) is 77.8 Å². The van der Waals surface area contributed by atoms with E-state index >= 15 is 0 Å². The minimum Gasteiger partial charge on any atom is -0.482 e. The molecule has 5 nitrogen and oxygen atoms in total. The molecule has 2 heterocycles. The second-order valence-corrected chi connectivity index (χ2v) is 5.37. The van der Waals surface area contributed by atoms with Gasteiger partial charge in [-0.3, -0.25) is 9.69 Å². The van der Waals surface area contributed by atoms with Gasteiger partial charge in [0.15, 0.2) is 6.61 Å². The Kier molecular flexibility index (Phi) is 5.13. The van der Waals surface area contributed by atoms with Gasteiger partial charge in [0.25, 0.3) is 5.91 Å². The molecule has 0 fully saturated rings. The number of para-hydroxylation sites is 1. The number of hydrogen-bond acceptors (Lipinski definition) is 4. The Morgan fingerprint density at radius 1 is 1.12 bits per heavy atom. The third-order valence-electron chi connectivity index (χ3n) is 3.31. The number of aromatic nitrogens is 1. The highest BCUT2D eigenvalue weighted by Crippen LogP contribution is 2.23. The first-order chi connectivity index (χ1) is 11.7. The van der Waals surface area contributed by atoms with Crippen LogP contribution in [0.25, 0.3) is 0 Å². The van der Waals surface area contributed by atoms with Crippen molar-refractivity contribution in [2.45, 2.75) is 6.54 Å². The predicted octanol–water partition coefficient (Wildman–Crippen LogP) is 3.94. The largest absolute Gasteiger partial charge is 0.482 e. The van der Waals surface area contributed by atoms with Gasteiger partial charge >= 0.3 is 0 Å². The van der Waals surface area contributed by atoms with Crippen molar-refractivity contribution in [3.63, 3.8) is 0 Å². The molecule has 0 aliphatic carbocycles. The third-order valence-corrected chi connectivity index (χ3v) is 3.62. The monoisotopic (exact) mass is 342 g/mol. The van der Waals surface area contributed by atoms with Crippen molar-refractivity contribution >= 4 is 23.3 Å². The molecule has 1 amide bonds. The Bertz CT molecular complexity index is 791. The molecule has 6 heteroatoms. The first kappa shape index (κ1) is 16.1. The Morgan fingerprint density at radius 2 is 1.96 bits per heavy atom. The summed E-state index contributed by atoms with van der Waals surface area (Å²) in [6.45, 7) is 0.121. The lowest BCUT2D eigenvalue weighted by Gasteiger charge is -2.21. The minimum atomic E-state index is -0.245. The Labute approximate surface area is 144 Å². The van der Waals surface area contributed by atoms with Gasteiger partial charge in [0, 0.05) is 6.20 Å². The molecule has 122 valence electrons. The molecule has 0 spiro atoms. The Balaban J connectivity index is 1.75. The average molecular weight is 343 g/mol. The number of halogens is 1. The summed E-state index contributed by atoms with van der Waals surface area (Å²) in [4.78, 5) is 18.4. The summed E-state index contributed by atoms with van der Waals surface area (Å²) in [6, 6.07) is 16.0. The number of carbonyl (C=O) groups excluding carboxylic acids is 1. The fourth-order valence-electron chi connectivity index (χ4n) is 2.15. The Hall–Kier alpha value is -2.79. The molecule has 3 aromatic rings. The van der Waals surface area contributed by atoms with E-state index in [0.717, 1.165) is 0 Å². The van der Waals surface area contributed by atoms with E-state index in [1.54, 1.807) is 61.0 Å². The van der Waals surface area contributed by atoms with Crippen LogP contribution in [0.4, 0.5) is 5.82 Å². The number of amides is 1. The summed E-state index contributed by atoms with van der Waals surface area (Å²) in [7, 11) is 0. The van der Waals surface area contributed by atoms with Gasteiger partial charge in [-0.2, -0.15) is 0 Å². The van der Waals surface area contributed by atoms with Crippen LogP contribution < -0.4 is 9.64 Å². The first-order valence-electron chi connectivity index (χ1n) is 7.35. The maximum absolute atomic E-state index is 12.6. The molecule has 0 aliphatic rings. The summed E-state index contributed by atoms with van der Waals surface area (Å²) in [6.07, 6.45) is 3.20. The zero-order valence-corrected chi connectivity index (χ0v) is 13.5. The van der Waals surface area contributed by atoms with Gasteiger partial charge in [0.2, 0.25) is 0 Å². The van der Waals surface area contributed by atoms with E-state index < -0.39 is 0 Å². The topological polar surface area (TPSA) is 55.6 Å². The lowest BCUT2D eigenvalue weighted by atomic mass is 10.3. The molecule has 0 atom stereocenters. The number of carbonyl (C=O) groups is 1. The highest BCUT2D eigenvalue weighted by molar-refractivity contribution is 6.32. The van der Waals surface area contributed by atoms with Crippen molar-refractivity contribution in [3.8, 4) is 5.75 Å². The smallest absolute Gasteiger partial charge is 0.266 e. The van der Waals surface area contributed by atoms with Gasteiger partial charge in [0.05, 0.1) is 17.8 Å². The van der Waals surface area contributed by atoms with Crippen LogP contribution in [-0.2, 0) is 11.3 Å². The highest BCUT2D eigenvalue weighted by Gasteiger charge is 2.19. The highest BCUT2D eigenvalue weighted by atomic mass is 35.5. The fourth-order valence-corrected chi connectivity index (χ4v) is 2.34. The van der Waals surface area contributed by atoms with Crippen LogP contribution in [0, 0.1) is 0 Å². The van der Waals surface area contributed by atoms with Crippen molar-refractivity contribution in [1.82, 2.24) is 4.98 Å². The van der Waals surface area contributed by atoms with Gasteiger partial charge in [-0.05, 0) is 36.4 Å². The van der Waals surface area contributed by atoms with E-state index in [0.29, 0.717) is 22.4 Å². The number of nitrogens with zero attached hydrogens (tertiary/aromatic N) is 2. The molecule has 0 radical (unpaired) electrons. The third kappa shape index (κ3) is 3.94. The van der Waals surface area contributed by atoms with Crippen molar-refractivity contribution in [2.75, 3.05) is 11.5 Å². The standard InChI is InChI=1S/C18H15ClN2O3/c19-15-7-1-2-8-16(15)24-13-18(22)21(12-14-6-5-11-23-14)17-9-3-4-10-20-17/h1-11H,12-13H2. The van der Waals surface area contributed by atoms with Crippen molar-refractivity contribution in [2.24, 2.45) is 0 Å². The number of benzene rings is 1. The first-order valence-corrected chi connectivity index (χ1v) is 7.73. The number of furan rings is 1. The van der Waals surface area contributed by atoms with E-state index in [1.165, 1.54) is 4.90 Å². The number of hydrogen-bond donors (Lipinski definition) is 0. The molecule has 0 unspecified atom stereocenters. The quantitative estimate of drug-likeness (QED) is 0.681. The normalized spacial score (nSPS) is 10.4. The lowest BCUT2D eigenvalue weighted by molar-refractivity contribution is -0.120. The summed E-state index contributed by atoms with van der Waals surface area (Å²) in [5.41, 5.74) is 0. The molecule has 0 saturated carbocycles. The van der Waals surface area contributed by atoms with E-state index in [9.17, 15) is 4.79 Å². The number of anilines is 1. The van der Waals surface area contributed by atoms with Crippen LogP contribution in [0.5, 0.6) is 5.75 Å². The molecular formula is C18H15ClN2O3. The van der Waals surface area contributed by atoms with Crippen LogP contribution in [-0.4, -0.2) is 17.5 Å². The van der Waals surface area contributed by atoms with Crippen LogP contribution in [0.3, 0.4) is 0 Å². The summed E-state index contributed by atoms with van der Waals surface area (Å²) >= 11 is 6.04. The lowest BCUT2D eigenvalue weighted by Crippen LogP contribution is -2.35. The maximum Gasteiger partial charge on any atom is 0.266 e. The second-order valence-electron chi connectivity index (χ2n) is 4.97. The average Bonchev–Trinajstić information content (AvgIpc) is 3.13. The SMILES string of the molecule is O=C(COc1ccccc1Cl)N(Cc1ccco1)c1ccccn1. The van der Waals surface area contributed by atoms with Crippen LogP contribution in [0.1, 0.15) is 5.76 Å². The molecule has 0 aliphatic heterocycles. The number of rotatable bonds is 6. The van der Waals surface area contributed by atoms with Crippen molar-refractivity contribution < 1.29 is 13.9 Å². The van der Waals surface area contributed by atoms with Crippen LogP contribution in [0.15, 0.2) is 71.5 Å². The van der Waals surface area contributed by atoms with Crippen LogP contribution >= 0.6 is 11.6 Å². The molecule has 0 bridgehead atoms. The molecule has 3 rings (SSSR count). The van der Waals surface area contributed by atoms with E-state index in [-0.39, 0.29) is 19.1 Å². The van der Waals surface area contributed by atoms with Gasteiger partial charge in [-0.15, -0.1) is 0 Å². The van der Waals surface area contributed by atoms with E-state index in [2.05, 4.69) is 4.98 Å². The van der Waals surface area contributed by atoms with Gasteiger partial charge < -0.3 is 9.15 Å². The number of ether oxygens (including phenoxy) is 1. The zero-order valence-electron chi connectivity index (χ0n) is 12.8. The zero-order chi connectivity index (χ0) is 16.8. The van der Waals surface area contributed by atoms with Crippen LogP contribution in [0.2, 0.25) is 5.02 Å². The molecule has 24 heavy (non-hydrogen) atoms. The molecule has 0 saturated heterocycles. The van der Waals surface area contributed by atoms with Crippen molar-refractivity contribution in [1.29, 1.82) is 0 Å². The molecule has 0 N–H and O–H groups in total. The summed E-state index contributed by atoms with van der Waals surface area (Å²) < 4.78 is 10.9. The summed E-state index contributed by atoms with van der Waals surface area (Å²) in [5, 5.41) is 0.459. The molecule has 1 aromatic carbocycles. The van der Waals surface area contributed by atoms with Gasteiger partial charge in [-0.25, -0.2) is 4.98 Å². The fraction of sp³-hybridized carbons (Fsp3) is 0.111. The van der Waals surface area contributed by atoms with Gasteiger partial charge in [-0.1, -0.05) is 29.8 Å². The van der Waals surface area contributed by atoms with E-state index in [4.69, 9.17) is 20.8 Å². The van der Waals surface area contributed by atoms with Gasteiger partial charge in [0.1, 0.15) is 17.3 Å². The summed E-state index contributed by atoms with van der Waals surface area (Å²) in [5.74, 6) is 1.41. The minimum absolute atomic E-state index is 0.152. The molecule has 2 aromatic heterocycles. The molecular weight excluding hydrogens is 328 g/mol. The Morgan fingerprint density at radius 3 is 2.67 bits per heavy atom. The second kappa shape index (κ2) is 7.66. The van der Waals surface area contributed by atoms with E-state index in [1.807, 2.05) is 6.07 Å². The number of pyridine rings is 1. The predicted molar refractivity (Wildman–Crippen MR) is 91.1 cm³/mol.